The summed E-state index contributed by atoms with van der Waals surface area (Å²) in [6.07, 6.45) is 0.427. The number of halogens is 1. The van der Waals surface area contributed by atoms with Gasteiger partial charge in [0, 0.05) is 24.4 Å². The third-order valence-corrected chi connectivity index (χ3v) is 4.55. The van der Waals surface area contributed by atoms with Crippen molar-refractivity contribution in [3.63, 3.8) is 0 Å². The van der Waals surface area contributed by atoms with Crippen molar-refractivity contribution in [2.24, 2.45) is 0 Å². The van der Waals surface area contributed by atoms with E-state index >= 15 is 0 Å². The minimum Gasteiger partial charge on any atom is -0.478 e. The van der Waals surface area contributed by atoms with Crippen molar-refractivity contribution in [3.05, 3.63) is 43.9 Å². The number of carbonyl (C=O) groups excluding carboxylic acids is 1. The normalized spacial score (nSPS) is 10.6. The van der Waals surface area contributed by atoms with Gasteiger partial charge in [-0.2, -0.15) is 0 Å². The van der Waals surface area contributed by atoms with Gasteiger partial charge in [-0.1, -0.05) is 6.92 Å². The van der Waals surface area contributed by atoms with Gasteiger partial charge in [-0.05, 0) is 28.1 Å². The predicted octanol–water partition coefficient (Wildman–Crippen LogP) is 3.64. The van der Waals surface area contributed by atoms with E-state index in [1.54, 1.807) is 25.3 Å². The lowest BCUT2D eigenvalue weighted by molar-refractivity contribution is 0.0693. The van der Waals surface area contributed by atoms with Gasteiger partial charge in [-0.3, -0.25) is 4.79 Å². The molecule has 21 heavy (non-hydrogen) atoms. The van der Waals surface area contributed by atoms with Crippen LogP contribution in [0.25, 0.3) is 0 Å². The molecule has 0 aliphatic rings. The second kappa shape index (κ2) is 6.44. The summed E-state index contributed by atoms with van der Waals surface area (Å²) in [4.78, 5) is 25.9. The highest BCUT2D eigenvalue weighted by Gasteiger charge is 2.22. The van der Waals surface area contributed by atoms with Gasteiger partial charge < -0.3 is 14.4 Å². The highest BCUT2D eigenvalue weighted by Crippen LogP contribution is 2.24. The van der Waals surface area contributed by atoms with Gasteiger partial charge in [0.1, 0.15) is 11.3 Å². The molecule has 2 heterocycles. The van der Waals surface area contributed by atoms with E-state index in [2.05, 4.69) is 15.9 Å². The van der Waals surface area contributed by atoms with Crippen LogP contribution in [0.4, 0.5) is 0 Å². The van der Waals surface area contributed by atoms with Gasteiger partial charge in [-0.15, -0.1) is 11.3 Å². The topological polar surface area (TPSA) is 70.8 Å². The molecule has 1 N–H and O–H groups in total. The Hall–Kier alpha value is -1.60. The SMILES string of the molecule is CCc1oc(C(=O)N(C)Cc2ccc(Br)s2)cc1C(=O)O. The second-order valence-corrected chi connectivity index (χ2v) is 7.02. The first-order chi connectivity index (χ1) is 9.92. The zero-order valence-electron chi connectivity index (χ0n) is 11.6. The molecule has 112 valence electrons. The van der Waals surface area contributed by atoms with E-state index in [-0.39, 0.29) is 17.2 Å². The Kier molecular flexibility index (Phi) is 4.84. The quantitative estimate of drug-likeness (QED) is 0.870. The zero-order chi connectivity index (χ0) is 15.6. The lowest BCUT2D eigenvalue weighted by atomic mass is 10.2. The molecule has 0 atom stereocenters. The molecular weight excluding hydrogens is 358 g/mol. The van der Waals surface area contributed by atoms with E-state index in [0.29, 0.717) is 18.7 Å². The molecule has 0 aliphatic heterocycles. The van der Waals surface area contributed by atoms with Crippen molar-refractivity contribution >= 4 is 39.1 Å². The maximum absolute atomic E-state index is 12.3. The largest absolute Gasteiger partial charge is 0.478 e. The van der Waals surface area contributed by atoms with Crippen LogP contribution in [-0.2, 0) is 13.0 Å². The number of carboxylic acids is 1. The van der Waals surface area contributed by atoms with Gasteiger partial charge in [0.2, 0.25) is 0 Å². The Morgan fingerprint density at radius 3 is 2.62 bits per heavy atom. The smallest absolute Gasteiger partial charge is 0.339 e. The molecule has 0 bridgehead atoms. The van der Waals surface area contributed by atoms with Crippen molar-refractivity contribution in [2.45, 2.75) is 19.9 Å². The summed E-state index contributed by atoms with van der Waals surface area (Å²) < 4.78 is 6.37. The summed E-state index contributed by atoms with van der Waals surface area (Å²) in [6, 6.07) is 5.15. The molecule has 0 saturated carbocycles. The molecule has 0 saturated heterocycles. The van der Waals surface area contributed by atoms with E-state index < -0.39 is 5.97 Å². The lowest BCUT2D eigenvalue weighted by Crippen LogP contribution is -2.25. The number of furan rings is 1. The number of thiophene rings is 1. The first-order valence-electron chi connectivity index (χ1n) is 6.28. The molecule has 1 amide bonds. The van der Waals surface area contributed by atoms with Crippen LogP contribution in [0.3, 0.4) is 0 Å². The number of nitrogens with zero attached hydrogens (tertiary/aromatic N) is 1. The number of carboxylic acid groups (broad SMARTS) is 1. The number of rotatable bonds is 5. The van der Waals surface area contributed by atoms with Gasteiger partial charge in [0.15, 0.2) is 5.76 Å². The minimum absolute atomic E-state index is 0.0492. The van der Waals surface area contributed by atoms with E-state index in [1.807, 2.05) is 12.1 Å². The van der Waals surface area contributed by atoms with Crippen molar-refractivity contribution < 1.29 is 19.1 Å². The molecule has 2 aromatic rings. The number of carbonyl (C=O) groups is 2. The fourth-order valence-corrected chi connectivity index (χ4v) is 3.44. The lowest BCUT2D eigenvalue weighted by Gasteiger charge is -2.14. The minimum atomic E-state index is -1.08. The van der Waals surface area contributed by atoms with Crippen LogP contribution in [-0.4, -0.2) is 28.9 Å². The van der Waals surface area contributed by atoms with E-state index in [9.17, 15) is 9.59 Å². The van der Waals surface area contributed by atoms with Gasteiger partial charge >= 0.3 is 5.97 Å². The van der Waals surface area contributed by atoms with E-state index in [0.717, 1.165) is 8.66 Å². The Morgan fingerprint density at radius 1 is 1.43 bits per heavy atom. The Balaban J connectivity index is 2.17. The van der Waals surface area contributed by atoms with Crippen LogP contribution in [0.2, 0.25) is 0 Å². The Morgan fingerprint density at radius 2 is 2.14 bits per heavy atom. The third kappa shape index (κ3) is 3.54. The number of aryl methyl sites for hydroxylation is 1. The van der Waals surface area contributed by atoms with Crippen LogP contribution >= 0.6 is 27.3 Å². The van der Waals surface area contributed by atoms with E-state index in [4.69, 9.17) is 9.52 Å². The molecule has 0 aromatic carbocycles. The summed E-state index contributed by atoms with van der Waals surface area (Å²) in [7, 11) is 1.66. The summed E-state index contributed by atoms with van der Waals surface area (Å²) in [6.45, 7) is 2.23. The number of aromatic carboxylic acids is 1. The molecule has 5 nitrogen and oxygen atoms in total. The number of amides is 1. The monoisotopic (exact) mass is 371 g/mol. The molecule has 0 spiro atoms. The molecule has 0 unspecified atom stereocenters. The standard InChI is InChI=1S/C14H14BrNO4S/c1-3-10-9(14(18)19)6-11(20-10)13(17)16(2)7-8-4-5-12(15)21-8/h4-6H,3,7H2,1-2H3,(H,18,19). The van der Waals surface area contributed by atoms with Crippen molar-refractivity contribution in [1.29, 1.82) is 0 Å². The average Bonchev–Trinajstić information content (AvgIpc) is 3.04. The first-order valence-corrected chi connectivity index (χ1v) is 7.89. The van der Waals surface area contributed by atoms with Crippen molar-refractivity contribution in [2.75, 3.05) is 7.05 Å². The highest BCUT2D eigenvalue weighted by molar-refractivity contribution is 9.11. The highest BCUT2D eigenvalue weighted by atomic mass is 79.9. The Labute approximate surface area is 134 Å². The maximum atomic E-state index is 12.3. The van der Waals surface area contributed by atoms with E-state index in [1.165, 1.54) is 11.0 Å². The average molecular weight is 372 g/mol. The first kappa shape index (κ1) is 15.8. The van der Waals surface area contributed by atoms with Gasteiger partial charge in [-0.25, -0.2) is 4.79 Å². The summed E-state index contributed by atoms with van der Waals surface area (Å²) >= 11 is 4.92. The summed E-state index contributed by atoms with van der Waals surface area (Å²) in [5, 5.41) is 9.08. The van der Waals surface area contributed by atoms with Gasteiger partial charge in [0.05, 0.1) is 10.3 Å². The molecule has 2 rings (SSSR count). The number of hydrogen-bond acceptors (Lipinski definition) is 4. The van der Waals surface area contributed by atoms with Crippen LogP contribution in [0.5, 0.6) is 0 Å². The van der Waals surface area contributed by atoms with Crippen molar-refractivity contribution in [1.82, 2.24) is 4.90 Å². The van der Waals surface area contributed by atoms with Crippen LogP contribution in [0.15, 0.2) is 26.4 Å². The molecule has 0 aliphatic carbocycles. The van der Waals surface area contributed by atoms with Crippen LogP contribution in [0, 0.1) is 0 Å². The fourth-order valence-electron chi connectivity index (χ4n) is 1.91. The Bertz CT molecular complexity index is 676. The molecular formula is C14H14BrNO4S. The molecule has 0 fully saturated rings. The van der Waals surface area contributed by atoms with Crippen LogP contribution in [0.1, 0.15) is 38.5 Å². The summed E-state index contributed by atoms with van der Waals surface area (Å²) in [5.74, 6) is -1.04. The molecule has 2 aromatic heterocycles. The summed E-state index contributed by atoms with van der Waals surface area (Å²) in [5.41, 5.74) is 0.0492. The predicted molar refractivity (Wildman–Crippen MR) is 82.9 cm³/mol. The second-order valence-electron chi connectivity index (χ2n) is 4.47. The maximum Gasteiger partial charge on any atom is 0.339 e. The van der Waals surface area contributed by atoms with Gasteiger partial charge in [0.25, 0.3) is 5.91 Å². The van der Waals surface area contributed by atoms with Crippen LogP contribution < -0.4 is 0 Å². The zero-order valence-corrected chi connectivity index (χ0v) is 14.0. The molecule has 0 radical (unpaired) electrons. The molecule has 7 heteroatoms. The fraction of sp³-hybridized carbons (Fsp3) is 0.286. The number of hydrogen-bond donors (Lipinski definition) is 1. The van der Waals surface area contributed by atoms with Crippen molar-refractivity contribution in [3.8, 4) is 0 Å². The third-order valence-electron chi connectivity index (χ3n) is 2.94.